The van der Waals surface area contributed by atoms with Crippen molar-refractivity contribution in [2.24, 2.45) is 5.92 Å². The molecule has 2 saturated heterocycles. The molecule has 0 saturated carbocycles. The third kappa shape index (κ3) is 6.79. The molecule has 2 aliphatic rings. The first-order valence-electron chi connectivity index (χ1n) is 16.2. The second kappa shape index (κ2) is 13.4. The van der Waals surface area contributed by atoms with Gasteiger partial charge in [-0.05, 0) is 89.4 Å². The third-order valence-electron chi connectivity index (χ3n) is 9.61. The summed E-state index contributed by atoms with van der Waals surface area (Å²) >= 11 is 0. The van der Waals surface area contributed by atoms with Gasteiger partial charge in [-0.1, -0.05) is 19.9 Å². The molecule has 0 unspecified atom stereocenters. The average Bonchev–Trinajstić information content (AvgIpc) is 3.32. The SMILES string of the molecule is CCN(C(=O)c1cc(F)ccc1-c1cc(C2CN([C@H](CCCN3CCN(C)CC3)C(C)C)C2)cn2c(C)nnc12)C(C)C. The summed E-state index contributed by atoms with van der Waals surface area (Å²) in [6.45, 7) is 21.0. The Morgan fingerprint density at radius 2 is 1.77 bits per heavy atom. The first kappa shape index (κ1) is 31.5. The fraction of sp³-hybridized carbons (Fsp3) is 0.618. The minimum absolute atomic E-state index is 0.00623. The van der Waals surface area contributed by atoms with Crippen LogP contribution in [0.25, 0.3) is 16.8 Å². The molecule has 2 fully saturated rings. The molecule has 0 spiro atoms. The number of fused-ring (bicyclic) bond motifs is 1. The second-order valence-electron chi connectivity index (χ2n) is 13.3. The predicted molar refractivity (Wildman–Crippen MR) is 171 cm³/mol. The lowest BCUT2D eigenvalue weighted by Crippen LogP contribution is -2.52. The van der Waals surface area contributed by atoms with Crippen molar-refractivity contribution >= 4 is 11.6 Å². The molecule has 8 nitrogen and oxygen atoms in total. The molecule has 1 amide bonds. The summed E-state index contributed by atoms with van der Waals surface area (Å²) in [4.78, 5) is 23.1. The molecule has 4 heterocycles. The van der Waals surface area contributed by atoms with Crippen LogP contribution in [0.3, 0.4) is 0 Å². The van der Waals surface area contributed by atoms with Crippen molar-refractivity contribution in [2.45, 2.75) is 72.4 Å². The van der Waals surface area contributed by atoms with Crippen molar-refractivity contribution < 1.29 is 9.18 Å². The summed E-state index contributed by atoms with van der Waals surface area (Å²) in [5.74, 6) is 1.19. The molecular formula is C34H50FN7O. The van der Waals surface area contributed by atoms with Crippen molar-refractivity contribution in [1.29, 1.82) is 0 Å². The van der Waals surface area contributed by atoms with E-state index >= 15 is 0 Å². The molecule has 5 rings (SSSR count). The molecule has 0 bridgehead atoms. The van der Waals surface area contributed by atoms with Gasteiger partial charge in [0.25, 0.3) is 5.91 Å². The predicted octanol–water partition coefficient (Wildman–Crippen LogP) is 5.17. The zero-order valence-electron chi connectivity index (χ0n) is 27.2. The summed E-state index contributed by atoms with van der Waals surface area (Å²) in [6.07, 6.45) is 4.61. The highest BCUT2D eigenvalue weighted by Gasteiger charge is 2.35. The van der Waals surface area contributed by atoms with Gasteiger partial charge in [0.2, 0.25) is 0 Å². The van der Waals surface area contributed by atoms with Crippen LogP contribution in [0.5, 0.6) is 0 Å². The van der Waals surface area contributed by atoms with Crippen LogP contribution in [-0.2, 0) is 0 Å². The van der Waals surface area contributed by atoms with Crippen LogP contribution in [-0.4, -0.2) is 112 Å². The van der Waals surface area contributed by atoms with Crippen LogP contribution in [0.4, 0.5) is 4.39 Å². The van der Waals surface area contributed by atoms with Gasteiger partial charge in [0.1, 0.15) is 11.6 Å². The molecule has 2 aromatic heterocycles. The molecule has 1 atom stereocenters. The number of benzene rings is 1. The fourth-order valence-corrected chi connectivity index (χ4v) is 6.90. The number of halogens is 1. The first-order chi connectivity index (χ1) is 20.6. The Hall–Kier alpha value is -2.88. The van der Waals surface area contributed by atoms with Gasteiger partial charge < -0.3 is 14.7 Å². The smallest absolute Gasteiger partial charge is 0.254 e. The van der Waals surface area contributed by atoms with E-state index in [1.54, 1.807) is 11.0 Å². The topological polar surface area (TPSA) is 60.2 Å². The largest absolute Gasteiger partial charge is 0.336 e. The number of carbonyl (C=O) groups is 1. The Bertz CT molecular complexity index is 1410. The maximum atomic E-state index is 14.6. The number of piperazine rings is 1. The number of rotatable bonds is 11. The van der Waals surface area contributed by atoms with Crippen molar-refractivity contribution in [3.05, 3.63) is 53.2 Å². The van der Waals surface area contributed by atoms with E-state index in [0.29, 0.717) is 41.2 Å². The molecule has 234 valence electrons. The van der Waals surface area contributed by atoms with Crippen molar-refractivity contribution in [3.8, 4) is 11.1 Å². The van der Waals surface area contributed by atoms with Crippen LogP contribution >= 0.6 is 0 Å². The number of amides is 1. The standard InChI is InChI=1S/C34H50FN7O/c1-8-41(24(4)5)34(43)31-19-28(35)11-12-29(31)30-18-26(22-42-25(6)36-37-33(30)42)27-20-40(21-27)32(23(2)3)10-9-13-39-16-14-38(7)15-17-39/h11-12,18-19,22-24,27,32H,8-10,13-17,20-21H2,1-7H3/t32-/m1/s1. The first-order valence-corrected chi connectivity index (χ1v) is 16.2. The average molecular weight is 592 g/mol. The Balaban J connectivity index is 1.37. The van der Waals surface area contributed by atoms with E-state index in [2.05, 4.69) is 58.1 Å². The van der Waals surface area contributed by atoms with Crippen LogP contribution in [0, 0.1) is 18.7 Å². The lowest BCUT2D eigenvalue weighted by Gasteiger charge is -2.46. The van der Waals surface area contributed by atoms with E-state index in [-0.39, 0.29) is 11.9 Å². The monoisotopic (exact) mass is 591 g/mol. The summed E-state index contributed by atoms with van der Waals surface area (Å²) in [6, 6.07) is 7.27. The van der Waals surface area contributed by atoms with Gasteiger partial charge in [-0.2, -0.15) is 0 Å². The highest BCUT2D eigenvalue weighted by Crippen LogP contribution is 2.37. The van der Waals surface area contributed by atoms with E-state index in [0.717, 1.165) is 24.5 Å². The molecule has 3 aromatic rings. The Morgan fingerprint density at radius 1 is 1.05 bits per heavy atom. The number of aromatic nitrogens is 3. The Labute approximate surface area is 256 Å². The highest BCUT2D eigenvalue weighted by molar-refractivity contribution is 6.02. The maximum absolute atomic E-state index is 14.6. The molecule has 0 radical (unpaired) electrons. The fourth-order valence-electron chi connectivity index (χ4n) is 6.90. The summed E-state index contributed by atoms with van der Waals surface area (Å²) in [5.41, 5.74) is 3.79. The summed E-state index contributed by atoms with van der Waals surface area (Å²) in [7, 11) is 2.21. The second-order valence-corrected chi connectivity index (χ2v) is 13.3. The van der Waals surface area contributed by atoms with Gasteiger partial charge in [-0.15, -0.1) is 10.2 Å². The van der Waals surface area contributed by atoms with Gasteiger partial charge >= 0.3 is 0 Å². The van der Waals surface area contributed by atoms with E-state index in [1.807, 2.05) is 32.1 Å². The zero-order valence-corrected chi connectivity index (χ0v) is 27.2. The van der Waals surface area contributed by atoms with Crippen LogP contribution in [0.2, 0.25) is 0 Å². The summed E-state index contributed by atoms with van der Waals surface area (Å²) < 4.78 is 16.6. The maximum Gasteiger partial charge on any atom is 0.254 e. The molecular weight excluding hydrogens is 541 g/mol. The molecule has 43 heavy (non-hydrogen) atoms. The van der Waals surface area contributed by atoms with Gasteiger partial charge in [0, 0.05) is 75.6 Å². The molecule has 2 aliphatic heterocycles. The lowest BCUT2D eigenvalue weighted by atomic mass is 9.85. The minimum atomic E-state index is -0.418. The number of carbonyl (C=O) groups excluding carboxylic acids is 1. The van der Waals surface area contributed by atoms with Gasteiger partial charge in [0.05, 0.1) is 5.56 Å². The number of nitrogens with zero attached hydrogens (tertiary/aromatic N) is 7. The summed E-state index contributed by atoms with van der Waals surface area (Å²) in [5, 5.41) is 8.85. The zero-order chi connectivity index (χ0) is 30.8. The van der Waals surface area contributed by atoms with E-state index in [4.69, 9.17) is 0 Å². The van der Waals surface area contributed by atoms with Crippen LogP contribution in [0.1, 0.15) is 75.1 Å². The molecule has 9 heteroatoms. The Kier molecular flexibility index (Phi) is 9.83. The van der Waals surface area contributed by atoms with Crippen molar-refractivity contribution in [3.63, 3.8) is 0 Å². The Morgan fingerprint density at radius 3 is 2.42 bits per heavy atom. The van der Waals surface area contributed by atoms with Gasteiger partial charge in [0.15, 0.2) is 5.65 Å². The van der Waals surface area contributed by atoms with Crippen LogP contribution in [0.15, 0.2) is 30.5 Å². The van der Waals surface area contributed by atoms with Gasteiger partial charge in [-0.25, -0.2) is 4.39 Å². The normalized spacial score (nSPS) is 18.1. The van der Waals surface area contributed by atoms with E-state index < -0.39 is 5.82 Å². The molecule has 1 aromatic carbocycles. The number of likely N-dealkylation sites (N-methyl/N-ethyl adjacent to an activating group) is 1. The minimum Gasteiger partial charge on any atom is -0.336 e. The number of pyridine rings is 1. The van der Waals surface area contributed by atoms with Crippen LogP contribution < -0.4 is 0 Å². The third-order valence-corrected chi connectivity index (χ3v) is 9.61. The quantitative estimate of drug-likeness (QED) is 0.307. The number of aryl methyl sites for hydroxylation is 1. The van der Waals surface area contributed by atoms with E-state index in [1.165, 1.54) is 63.3 Å². The number of hydrogen-bond donors (Lipinski definition) is 0. The molecule has 0 N–H and O–H groups in total. The molecule has 0 aliphatic carbocycles. The lowest BCUT2D eigenvalue weighted by molar-refractivity contribution is 0.0553. The van der Waals surface area contributed by atoms with Gasteiger partial charge in [-0.3, -0.25) is 14.1 Å². The van der Waals surface area contributed by atoms with Crippen molar-refractivity contribution in [1.82, 2.24) is 34.2 Å². The van der Waals surface area contributed by atoms with E-state index in [9.17, 15) is 9.18 Å². The van der Waals surface area contributed by atoms with Crippen molar-refractivity contribution in [2.75, 3.05) is 59.4 Å². The highest BCUT2D eigenvalue weighted by atomic mass is 19.1. The number of likely N-dealkylation sites (tertiary alicyclic amines) is 1. The number of hydrogen-bond acceptors (Lipinski definition) is 6.